The molecule has 0 radical (unpaired) electrons. The first-order valence-electron chi connectivity index (χ1n) is 6.51. The lowest BCUT2D eigenvalue weighted by Crippen LogP contribution is -2.17. The summed E-state index contributed by atoms with van der Waals surface area (Å²) < 4.78 is 6.80. The molecule has 0 aromatic carbocycles. The zero-order valence-electron chi connectivity index (χ0n) is 11.5. The van der Waals surface area contributed by atoms with E-state index in [1.165, 1.54) is 0 Å². The Morgan fingerprint density at radius 1 is 1.33 bits per heavy atom. The van der Waals surface area contributed by atoms with Gasteiger partial charge in [-0.1, -0.05) is 5.16 Å². The van der Waals surface area contributed by atoms with Crippen LogP contribution in [-0.4, -0.2) is 20.6 Å². The van der Waals surface area contributed by atoms with Gasteiger partial charge in [-0.05, 0) is 36.8 Å². The number of carbonyl (C=O) groups excluding carboxylic acids is 1. The summed E-state index contributed by atoms with van der Waals surface area (Å²) in [5.74, 6) is 0.842. The molecule has 6 nitrogen and oxygen atoms in total. The molecule has 0 fully saturated rings. The highest BCUT2D eigenvalue weighted by Crippen LogP contribution is 2.12. The van der Waals surface area contributed by atoms with Gasteiger partial charge in [0.25, 0.3) is 5.91 Å². The quantitative estimate of drug-likeness (QED) is 0.798. The van der Waals surface area contributed by atoms with Gasteiger partial charge in [-0.25, -0.2) is 0 Å². The summed E-state index contributed by atoms with van der Waals surface area (Å²) in [6.45, 7) is 2.38. The van der Waals surface area contributed by atoms with Crippen LogP contribution in [-0.2, 0) is 6.54 Å². The van der Waals surface area contributed by atoms with E-state index in [0.717, 1.165) is 5.56 Å². The van der Waals surface area contributed by atoms with Gasteiger partial charge in [0, 0.05) is 31.2 Å². The Bertz CT molecular complexity index is 746. The monoisotopic (exact) mass is 282 g/mol. The molecule has 0 bridgehead atoms. The summed E-state index contributed by atoms with van der Waals surface area (Å²) >= 11 is 0. The van der Waals surface area contributed by atoms with Crippen molar-refractivity contribution in [1.29, 1.82) is 0 Å². The van der Waals surface area contributed by atoms with Crippen molar-refractivity contribution < 1.29 is 9.32 Å². The zero-order chi connectivity index (χ0) is 14.7. The molecule has 0 aliphatic heterocycles. The third-order valence-corrected chi connectivity index (χ3v) is 3.03. The molecule has 0 saturated heterocycles. The number of pyridine rings is 1. The van der Waals surface area contributed by atoms with Crippen molar-refractivity contribution in [3.8, 4) is 0 Å². The van der Waals surface area contributed by atoms with Gasteiger partial charge in [-0.3, -0.25) is 9.78 Å². The molecule has 0 aliphatic carbocycles. The van der Waals surface area contributed by atoms with Crippen LogP contribution in [0.5, 0.6) is 0 Å². The van der Waals surface area contributed by atoms with E-state index in [9.17, 15) is 4.79 Å². The molecule has 3 rings (SSSR count). The Balaban J connectivity index is 1.77. The third-order valence-electron chi connectivity index (χ3n) is 3.03. The molecule has 0 atom stereocenters. The van der Waals surface area contributed by atoms with Crippen molar-refractivity contribution in [2.75, 3.05) is 5.32 Å². The van der Waals surface area contributed by atoms with E-state index in [2.05, 4.69) is 15.5 Å². The van der Waals surface area contributed by atoms with Gasteiger partial charge >= 0.3 is 0 Å². The highest BCUT2D eigenvalue weighted by molar-refractivity contribution is 6.02. The number of hydrogen-bond donors (Lipinski definition) is 1. The normalized spacial score (nSPS) is 10.5. The molecule has 1 N–H and O–H groups in total. The minimum atomic E-state index is -0.220. The largest absolute Gasteiger partial charge is 0.360 e. The van der Waals surface area contributed by atoms with E-state index < -0.39 is 0 Å². The molecule has 21 heavy (non-hydrogen) atoms. The highest BCUT2D eigenvalue weighted by Gasteiger charge is 2.13. The van der Waals surface area contributed by atoms with Gasteiger partial charge in [0.05, 0.1) is 0 Å². The molecule has 0 saturated carbocycles. The third kappa shape index (κ3) is 3.00. The predicted molar refractivity (Wildman–Crippen MR) is 77.0 cm³/mol. The van der Waals surface area contributed by atoms with Gasteiger partial charge in [0.1, 0.15) is 11.5 Å². The highest BCUT2D eigenvalue weighted by atomic mass is 16.5. The number of amides is 1. The maximum Gasteiger partial charge on any atom is 0.273 e. The lowest BCUT2D eigenvalue weighted by Gasteiger charge is -2.08. The fourth-order valence-electron chi connectivity index (χ4n) is 2.05. The molecule has 0 aliphatic rings. The number of rotatable bonds is 4. The Morgan fingerprint density at radius 3 is 2.86 bits per heavy atom. The van der Waals surface area contributed by atoms with Crippen LogP contribution >= 0.6 is 0 Å². The van der Waals surface area contributed by atoms with Crippen LogP contribution in [0.3, 0.4) is 0 Å². The average Bonchev–Trinajstić information content (AvgIpc) is 3.09. The van der Waals surface area contributed by atoms with E-state index >= 15 is 0 Å². The Morgan fingerprint density at radius 2 is 2.14 bits per heavy atom. The minimum Gasteiger partial charge on any atom is -0.360 e. The van der Waals surface area contributed by atoms with Crippen LogP contribution in [0.1, 0.15) is 21.8 Å². The van der Waals surface area contributed by atoms with E-state index in [1.54, 1.807) is 31.5 Å². The molecule has 3 aromatic rings. The SMILES string of the molecule is Cc1cc(NC(=O)c2cccn2Cc2ccncc2)no1. The van der Waals surface area contributed by atoms with Crippen molar-refractivity contribution in [3.63, 3.8) is 0 Å². The topological polar surface area (TPSA) is 73.0 Å². The number of nitrogens with one attached hydrogen (secondary N) is 1. The molecule has 3 heterocycles. The van der Waals surface area contributed by atoms with Crippen molar-refractivity contribution in [1.82, 2.24) is 14.7 Å². The van der Waals surface area contributed by atoms with Crippen LogP contribution in [0.2, 0.25) is 0 Å². The van der Waals surface area contributed by atoms with Crippen molar-refractivity contribution in [2.45, 2.75) is 13.5 Å². The van der Waals surface area contributed by atoms with E-state index in [4.69, 9.17) is 4.52 Å². The molecule has 0 spiro atoms. The van der Waals surface area contributed by atoms with Gasteiger partial charge < -0.3 is 14.4 Å². The van der Waals surface area contributed by atoms with E-state index in [0.29, 0.717) is 23.8 Å². The lowest BCUT2D eigenvalue weighted by molar-refractivity contribution is 0.101. The van der Waals surface area contributed by atoms with Gasteiger partial charge in [0.2, 0.25) is 0 Å². The number of nitrogens with zero attached hydrogens (tertiary/aromatic N) is 3. The Kier molecular flexibility index (Phi) is 3.51. The molecule has 6 heteroatoms. The number of aromatic nitrogens is 3. The number of carbonyl (C=O) groups is 1. The Labute approximate surface area is 121 Å². The molecule has 3 aromatic heterocycles. The Hall–Kier alpha value is -2.89. The minimum absolute atomic E-state index is 0.220. The van der Waals surface area contributed by atoms with Crippen molar-refractivity contribution >= 4 is 11.7 Å². The summed E-state index contributed by atoms with van der Waals surface area (Å²) in [5.41, 5.74) is 1.64. The summed E-state index contributed by atoms with van der Waals surface area (Å²) in [4.78, 5) is 16.3. The molecule has 1 amide bonds. The second-order valence-electron chi connectivity index (χ2n) is 4.65. The fourth-order valence-corrected chi connectivity index (χ4v) is 2.05. The fraction of sp³-hybridized carbons (Fsp3) is 0.133. The number of anilines is 1. The second-order valence-corrected chi connectivity index (χ2v) is 4.65. The summed E-state index contributed by atoms with van der Waals surface area (Å²) in [6, 6.07) is 9.12. The second kappa shape index (κ2) is 5.62. The first-order valence-corrected chi connectivity index (χ1v) is 6.51. The van der Waals surface area contributed by atoms with Gasteiger partial charge in [0.15, 0.2) is 5.82 Å². The van der Waals surface area contributed by atoms with Crippen LogP contribution in [0.4, 0.5) is 5.82 Å². The zero-order valence-corrected chi connectivity index (χ0v) is 11.5. The maximum absolute atomic E-state index is 12.3. The molecule has 106 valence electrons. The smallest absolute Gasteiger partial charge is 0.273 e. The van der Waals surface area contributed by atoms with Crippen LogP contribution in [0.15, 0.2) is 53.4 Å². The molecular formula is C15H14N4O2. The van der Waals surface area contributed by atoms with Gasteiger partial charge in [-0.15, -0.1) is 0 Å². The lowest BCUT2D eigenvalue weighted by atomic mass is 10.2. The molecule has 0 unspecified atom stereocenters. The summed E-state index contributed by atoms with van der Waals surface area (Å²) in [5, 5.41) is 6.47. The number of hydrogen-bond acceptors (Lipinski definition) is 4. The predicted octanol–water partition coefficient (Wildman–Crippen LogP) is 2.48. The van der Waals surface area contributed by atoms with Crippen molar-refractivity contribution in [3.05, 3.63) is 65.9 Å². The standard InChI is InChI=1S/C15H14N4O2/c1-11-9-14(18-21-11)17-15(20)13-3-2-8-19(13)10-12-4-6-16-7-5-12/h2-9H,10H2,1H3,(H,17,18,20). The van der Waals surface area contributed by atoms with E-state index in [1.807, 2.05) is 29.0 Å². The van der Waals surface area contributed by atoms with Crippen LogP contribution < -0.4 is 5.32 Å². The maximum atomic E-state index is 12.3. The average molecular weight is 282 g/mol. The number of aryl methyl sites for hydroxylation is 1. The molecular weight excluding hydrogens is 268 g/mol. The van der Waals surface area contributed by atoms with Crippen molar-refractivity contribution in [2.24, 2.45) is 0 Å². The van der Waals surface area contributed by atoms with E-state index in [-0.39, 0.29) is 5.91 Å². The first kappa shape index (κ1) is 13.1. The summed E-state index contributed by atoms with van der Waals surface area (Å²) in [7, 11) is 0. The first-order chi connectivity index (χ1) is 10.2. The van der Waals surface area contributed by atoms with Gasteiger partial charge in [-0.2, -0.15) is 0 Å². The summed E-state index contributed by atoms with van der Waals surface area (Å²) in [6.07, 6.45) is 5.33. The van der Waals surface area contributed by atoms with Crippen LogP contribution in [0, 0.1) is 6.92 Å². The van der Waals surface area contributed by atoms with Crippen LogP contribution in [0.25, 0.3) is 0 Å².